The molecular formula is C14H20O2. The van der Waals surface area contributed by atoms with Gasteiger partial charge in [-0.25, -0.2) is 0 Å². The van der Waals surface area contributed by atoms with Crippen LogP contribution in [0.25, 0.3) is 0 Å². The van der Waals surface area contributed by atoms with E-state index in [4.69, 9.17) is 9.47 Å². The summed E-state index contributed by atoms with van der Waals surface area (Å²) in [6.07, 6.45) is 5.94. The van der Waals surface area contributed by atoms with Crippen LogP contribution in [0, 0.1) is 0 Å². The molecule has 0 amide bonds. The summed E-state index contributed by atoms with van der Waals surface area (Å²) in [5.41, 5.74) is 0. The van der Waals surface area contributed by atoms with Crippen molar-refractivity contribution < 1.29 is 9.47 Å². The maximum atomic E-state index is 5.85. The minimum atomic E-state index is -0.447. The largest absolute Gasteiger partial charge is 0.449 e. The van der Waals surface area contributed by atoms with Gasteiger partial charge in [0.05, 0.1) is 0 Å². The Morgan fingerprint density at radius 2 is 1.62 bits per heavy atom. The van der Waals surface area contributed by atoms with Gasteiger partial charge < -0.3 is 9.47 Å². The van der Waals surface area contributed by atoms with Crippen LogP contribution >= 0.6 is 0 Å². The fourth-order valence-electron chi connectivity index (χ4n) is 2.08. The lowest BCUT2D eigenvalue weighted by Crippen LogP contribution is -2.34. The Balaban J connectivity index is 1.88. The van der Waals surface area contributed by atoms with E-state index in [1.165, 1.54) is 25.7 Å². The first-order valence-electron chi connectivity index (χ1n) is 6.20. The van der Waals surface area contributed by atoms with Crippen molar-refractivity contribution in [1.82, 2.24) is 0 Å². The highest BCUT2D eigenvalue weighted by atomic mass is 16.7. The molecule has 1 aromatic carbocycles. The van der Waals surface area contributed by atoms with Crippen molar-refractivity contribution in [3.05, 3.63) is 24.3 Å². The first kappa shape index (κ1) is 11.3. The van der Waals surface area contributed by atoms with Gasteiger partial charge in [-0.3, -0.25) is 0 Å². The maximum absolute atomic E-state index is 5.85. The molecule has 2 heteroatoms. The van der Waals surface area contributed by atoms with Gasteiger partial charge in [0.25, 0.3) is 0 Å². The van der Waals surface area contributed by atoms with Gasteiger partial charge in [-0.2, -0.15) is 0 Å². The Kier molecular flexibility index (Phi) is 3.37. The van der Waals surface area contributed by atoms with Gasteiger partial charge in [-0.15, -0.1) is 0 Å². The van der Waals surface area contributed by atoms with E-state index in [0.29, 0.717) is 0 Å². The zero-order valence-electron chi connectivity index (χ0n) is 10.2. The molecule has 88 valence electrons. The van der Waals surface area contributed by atoms with Crippen LogP contribution < -0.4 is 9.47 Å². The van der Waals surface area contributed by atoms with Crippen LogP contribution in [0.1, 0.15) is 46.0 Å². The SMILES string of the molecule is CCCCCCC1(C)Oc2ccccc2O1. The van der Waals surface area contributed by atoms with E-state index in [1.54, 1.807) is 0 Å². The van der Waals surface area contributed by atoms with Crippen LogP contribution in [0.4, 0.5) is 0 Å². The summed E-state index contributed by atoms with van der Waals surface area (Å²) in [6.45, 7) is 4.25. The number of unbranched alkanes of at least 4 members (excludes halogenated alkanes) is 3. The second-order valence-corrected chi connectivity index (χ2v) is 4.60. The Labute approximate surface area is 97.6 Å². The van der Waals surface area contributed by atoms with Gasteiger partial charge in [0, 0.05) is 13.3 Å². The van der Waals surface area contributed by atoms with Crippen LogP contribution in [0.2, 0.25) is 0 Å². The maximum Gasteiger partial charge on any atom is 0.248 e. The van der Waals surface area contributed by atoms with Crippen LogP contribution in [0.3, 0.4) is 0 Å². The molecule has 2 rings (SSSR count). The molecule has 0 bridgehead atoms. The zero-order chi connectivity index (χ0) is 11.4. The molecule has 1 aromatic rings. The lowest BCUT2D eigenvalue weighted by atomic mass is 10.1. The lowest BCUT2D eigenvalue weighted by Gasteiger charge is -2.22. The van der Waals surface area contributed by atoms with Crippen molar-refractivity contribution in [3.63, 3.8) is 0 Å². The average molecular weight is 220 g/mol. The second-order valence-electron chi connectivity index (χ2n) is 4.60. The third-order valence-electron chi connectivity index (χ3n) is 2.99. The molecule has 1 aliphatic rings. The second kappa shape index (κ2) is 4.77. The van der Waals surface area contributed by atoms with Crippen LogP contribution in [0.15, 0.2) is 24.3 Å². The Morgan fingerprint density at radius 1 is 1.00 bits per heavy atom. The summed E-state index contributed by atoms with van der Waals surface area (Å²) >= 11 is 0. The fraction of sp³-hybridized carbons (Fsp3) is 0.571. The molecule has 0 saturated carbocycles. The standard InChI is InChI=1S/C14H20O2/c1-3-4-5-8-11-14(2)15-12-9-6-7-10-13(12)16-14/h6-7,9-10H,3-5,8,11H2,1-2H3. The van der Waals surface area contributed by atoms with Gasteiger partial charge in [0.15, 0.2) is 11.5 Å². The number of hydrogen-bond acceptors (Lipinski definition) is 2. The number of ether oxygens (including phenoxy) is 2. The third kappa shape index (κ3) is 2.49. The number of rotatable bonds is 5. The predicted molar refractivity (Wildman–Crippen MR) is 64.9 cm³/mol. The predicted octanol–water partition coefficient (Wildman–Crippen LogP) is 4.14. The van der Waals surface area contributed by atoms with E-state index < -0.39 is 5.79 Å². The first-order chi connectivity index (χ1) is 7.73. The molecule has 0 spiro atoms. The Hall–Kier alpha value is -1.18. The van der Waals surface area contributed by atoms with E-state index >= 15 is 0 Å². The highest BCUT2D eigenvalue weighted by molar-refractivity contribution is 5.42. The molecular weight excluding hydrogens is 200 g/mol. The van der Waals surface area contributed by atoms with E-state index in [1.807, 2.05) is 31.2 Å². The minimum absolute atomic E-state index is 0.447. The highest BCUT2D eigenvalue weighted by Crippen LogP contribution is 2.40. The third-order valence-corrected chi connectivity index (χ3v) is 2.99. The molecule has 0 unspecified atom stereocenters. The van der Waals surface area contributed by atoms with Crippen molar-refractivity contribution in [1.29, 1.82) is 0 Å². The summed E-state index contributed by atoms with van der Waals surface area (Å²) < 4.78 is 11.7. The van der Waals surface area contributed by atoms with E-state index in [0.717, 1.165) is 17.9 Å². The first-order valence-corrected chi connectivity index (χ1v) is 6.20. The van der Waals surface area contributed by atoms with Crippen LogP contribution in [-0.4, -0.2) is 5.79 Å². The average Bonchev–Trinajstić information content (AvgIpc) is 2.61. The van der Waals surface area contributed by atoms with E-state index in [2.05, 4.69) is 6.92 Å². The summed E-state index contributed by atoms with van der Waals surface area (Å²) in [7, 11) is 0. The molecule has 1 aliphatic heterocycles. The Morgan fingerprint density at radius 3 is 2.19 bits per heavy atom. The van der Waals surface area contributed by atoms with Crippen molar-refractivity contribution in [2.45, 2.75) is 51.7 Å². The molecule has 0 atom stereocenters. The molecule has 16 heavy (non-hydrogen) atoms. The monoisotopic (exact) mass is 220 g/mol. The van der Waals surface area contributed by atoms with Crippen molar-refractivity contribution >= 4 is 0 Å². The molecule has 0 aromatic heterocycles. The number of fused-ring (bicyclic) bond motifs is 1. The summed E-state index contributed by atoms with van der Waals surface area (Å²) in [5, 5.41) is 0. The van der Waals surface area contributed by atoms with Crippen molar-refractivity contribution in [2.75, 3.05) is 0 Å². The topological polar surface area (TPSA) is 18.5 Å². The number of para-hydroxylation sites is 2. The Bertz CT molecular complexity index is 321. The zero-order valence-corrected chi connectivity index (χ0v) is 10.2. The molecule has 0 fully saturated rings. The van der Waals surface area contributed by atoms with Gasteiger partial charge in [-0.1, -0.05) is 38.3 Å². The quantitative estimate of drug-likeness (QED) is 0.694. The van der Waals surface area contributed by atoms with Crippen molar-refractivity contribution in [2.24, 2.45) is 0 Å². The number of benzene rings is 1. The minimum Gasteiger partial charge on any atom is -0.449 e. The smallest absolute Gasteiger partial charge is 0.248 e. The number of hydrogen-bond donors (Lipinski definition) is 0. The molecule has 0 aliphatic carbocycles. The van der Waals surface area contributed by atoms with E-state index in [9.17, 15) is 0 Å². The summed E-state index contributed by atoms with van der Waals surface area (Å²) in [4.78, 5) is 0. The van der Waals surface area contributed by atoms with E-state index in [-0.39, 0.29) is 0 Å². The molecule has 1 heterocycles. The molecule has 0 N–H and O–H groups in total. The molecule has 0 saturated heterocycles. The fourth-order valence-corrected chi connectivity index (χ4v) is 2.08. The molecule has 2 nitrogen and oxygen atoms in total. The van der Waals surface area contributed by atoms with Crippen LogP contribution in [0.5, 0.6) is 11.5 Å². The molecule has 0 radical (unpaired) electrons. The van der Waals surface area contributed by atoms with Crippen LogP contribution in [-0.2, 0) is 0 Å². The van der Waals surface area contributed by atoms with Crippen molar-refractivity contribution in [3.8, 4) is 11.5 Å². The normalized spacial score (nSPS) is 16.4. The summed E-state index contributed by atoms with van der Waals surface area (Å²) in [5.74, 6) is 1.30. The van der Waals surface area contributed by atoms with Gasteiger partial charge in [0.1, 0.15) is 0 Å². The highest BCUT2D eigenvalue weighted by Gasteiger charge is 2.35. The summed E-state index contributed by atoms with van der Waals surface area (Å²) in [6, 6.07) is 7.88. The lowest BCUT2D eigenvalue weighted by molar-refractivity contribution is -0.0696. The van der Waals surface area contributed by atoms with Gasteiger partial charge >= 0.3 is 0 Å². The van der Waals surface area contributed by atoms with Gasteiger partial charge in [-0.05, 0) is 18.6 Å². The van der Waals surface area contributed by atoms with Gasteiger partial charge in [0.2, 0.25) is 5.79 Å².